The van der Waals surface area contributed by atoms with Crippen LogP contribution >= 0.6 is 15.9 Å². The molecule has 0 radical (unpaired) electrons. The monoisotopic (exact) mass is 421 g/mol. The number of aliphatic hydroxyl groups excluding tert-OH is 1. The average Bonchev–Trinajstić information content (AvgIpc) is 2.56. The van der Waals surface area contributed by atoms with Gasteiger partial charge in [0.1, 0.15) is 0 Å². The van der Waals surface area contributed by atoms with Gasteiger partial charge in [-0.3, -0.25) is 15.2 Å². The molecule has 6 heteroatoms. The third-order valence-corrected chi connectivity index (χ3v) is 5.25. The highest BCUT2D eigenvalue weighted by atomic mass is 79.9. The van der Waals surface area contributed by atoms with E-state index in [2.05, 4.69) is 49.3 Å². The van der Waals surface area contributed by atoms with E-state index in [1.54, 1.807) is 0 Å². The maximum Gasteiger partial charge on any atom is 0.214 e. The standard InChI is InChI=1S/C20H28BrN3O2/c1-20(2,3)26-19(25)23-16-6-8-24(9-7-16)13-14-4-5-15-11-22-12-18(21)17(15)10-14/h4-5,10-12,16,19,23,25H,6-9,13H2,1-3H3. The first-order valence-electron chi connectivity index (χ1n) is 9.16. The van der Waals surface area contributed by atoms with E-state index in [1.807, 2.05) is 33.2 Å². The fourth-order valence-electron chi connectivity index (χ4n) is 3.36. The predicted molar refractivity (Wildman–Crippen MR) is 108 cm³/mol. The van der Waals surface area contributed by atoms with E-state index in [1.165, 1.54) is 10.9 Å². The van der Waals surface area contributed by atoms with Gasteiger partial charge in [-0.25, -0.2) is 0 Å². The van der Waals surface area contributed by atoms with Gasteiger partial charge in [-0.15, -0.1) is 0 Å². The van der Waals surface area contributed by atoms with Gasteiger partial charge in [0.15, 0.2) is 0 Å². The molecule has 2 aromatic rings. The molecule has 1 aliphatic rings. The summed E-state index contributed by atoms with van der Waals surface area (Å²) < 4.78 is 6.57. The summed E-state index contributed by atoms with van der Waals surface area (Å²) >= 11 is 3.59. The molecule has 0 aliphatic carbocycles. The summed E-state index contributed by atoms with van der Waals surface area (Å²) in [7, 11) is 0. The van der Waals surface area contributed by atoms with Gasteiger partial charge >= 0.3 is 0 Å². The number of ether oxygens (including phenoxy) is 1. The molecule has 0 bridgehead atoms. The molecular formula is C20H28BrN3O2. The molecule has 0 spiro atoms. The van der Waals surface area contributed by atoms with Crippen molar-refractivity contribution in [3.05, 3.63) is 40.6 Å². The molecule has 1 saturated heterocycles. The van der Waals surface area contributed by atoms with E-state index < -0.39 is 6.41 Å². The Labute approximate surface area is 163 Å². The van der Waals surface area contributed by atoms with Gasteiger partial charge in [-0.1, -0.05) is 12.1 Å². The van der Waals surface area contributed by atoms with E-state index in [0.717, 1.165) is 42.3 Å². The number of rotatable bonds is 5. The maximum absolute atomic E-state index is 10.0. The fourth-order valence-corrected chi connectivity index (χ4v) is 3.82. The molecule has 1 unspecified atom stereocenters. The number of aliphatic hydroxyl groups is 1. The molecule has 1 aromatic heterocycles. The lowest BCUT2D eigenvalue weighted by Crippen LogP contribution is -2.48. The van der Waals surface area contributed by atoms with Crippen molar-refractivity contribution in [2.45, 2.75) is 58.2 Å². The van der Waals surface area contributed by atoms with E-state index in [4.69, 9.17) is 4.74 Å². The highest BCUT2D eigenvalue weighted by Crippen LogP contribution is 2.25. The number of piperidine rings is 1. The van der Waals surface area contributed by atoms with Gasteiger partial charge in [0.05, 0.1) is 5.60 Å². The Bertz CT molecular complexity index is 739. The zero-order valence-electron chi connectivity index (χ0n) is 15.7. The second-order valence-corrected chi connectivity index (χ2v) is 8.83. The van der Waals surface area contributed by atoms with Gasteiger partial charge < -0.3 is 9.84 Å². The van der Waals surface area contributed by atoms with Gasteiger partial charge in [0.2, 0.25) is 6.41 Å². The molecule has 26 heavy (non-hydrogen) atoms. The highest BCUT2D eigenvalue weighted by molar-refractivity contribution is 9.10. The fraction of sp³-hybridized carbons (Fsp3) is 0.550. The molecule has 2 heterocycles. The van der Waals surface area contributed by atoms with Crippen LogP contribution in [0.25, 0.3) is 10.8 Å². The number of nitrogens with zero attached hydrogens (tertiary/aromatic N) is 2. The van der Waals surface area contributed by atoms with Gasteiger partial charge in [0, 0.05) is 34.8 Å². The van der Waals surface area contributed by atoms with Crippen LogP contribution in [0, 0.1) is 0 Å². The third-order valence-electron chi connectivity index (χ3n) is 4.61. The van der Waals surface area contributed by atoms with Crippen LogP contribution in [0.4, 0.5) is 0 Å². The van der Waals surface area contributed by atoms with Crippen molar-refractivity contribution in [1.82, 2.24) is 15.2 Å². The minimum absolute atomic E-state index is 0.292. The number of halogens is 1. The molecule has 1 fully saturated rings. The molecule has 0 amide bonds. The van der Waals surface area contributed by atoms with Crippen LogP contribution in [-0.2, 0) is 11.3 Å². The van der Waals surface area contributed by atoms with Crippen molar-refractivity contribution < 1.29 is 9.84 Å². The predicted octanol–water partition coefficient (Wildman–Crippen LogP) is 3.64. The quantitative estimate of drug-likeness (QED) is 0.721. The number of hydrogen-bond donors (Lipinski definition) is 2. The normalized spacial score (nSPS) is 18.3. The van der Waals surface area contributed by atoms with Crippen LogP contribution in [0.3, 0.4) is 0 Å². The molecular weight excluding hydrogens is 394 g/mol. The van der Waals surface area contributed by atoms with E-state index >= 15 is 0 Å². The molecule has 5 nitrogen and oxygen atoms in total. The SMILES string of the molecule is CC(C)(C)OC(O)NC1CCN(Cc2ccc3cncc(Br)c3c2)CC1. The summed E-state index contributed by atoms with van der Waals surface area (Å²) in [4.78, 5) is 6.68. The third kappa shape index (κ3) is 5.47. The first-order valence-corrected chi connectivity index (χ1v) is 9.96. The smallest absolute Gasteiger partial charge is 0.214 e. The number of pyridine rings is 1. The lowest BCUT2D eigenvalue weighted by molar-refractivity contribution is -0.186. The average molecular weight is 422 g/mol. The van der Waals surface area contributed by atoms with Crippen LogP contribution in [0.15, 0.2) is 35.1 Å². The van der Waals surface area contributed by atoms with E-state index in [0.29, 0.717) is 6.04 Å². The van der Waals surface area contributed by atoms with Crippen molar-refractivity contribution in [2.75, 3.05) is 13.1 Å². The van der Waals surface area contributed by atoms with E-state index in [9.17, 15) is 5.11 Å². The molecule has 1 aromatic carbocycles. The zero-order chi connectivity index (χ0) is 18.7. The summed E-state index contributed by atoms with van der Waals surface area (Å²) in [5, 5.41) is 15.6. The molecule has 2 N–H and O–H groups in total. The van der Waals surface area contributed by atoms with Crippen molar-refractivity contribution >= 4 is 26.7 Å². The summed E-state index contributed by atoms with van der Waals surface area (Å²) in [5.74, 6) is 0. The number of hydrogen-bond acceptors (Lipinski definition) is 5. The Hall–Kier alpha value is -1.05. The van der Waals surface area contributed by atoms with Crippen LogP contribution < -0.4 is 5.32 Å². The van der Waals surface area contributed by atoms with Crippen molar-refractivity contribution in [3.63, 3.8) is 0 Å². The first-order chi connectivity index (χ1) is 12.3. The van der Waals surface area contributed by atoms with E-state index in [-0.39, 0.29) is 5.60 Å². The Morgan fingerprint density at radius 1 is 1.31 bits per heavy atom. The number of nitrogens with one attached hydrogen (secondary N) is 1. The van der Waals surface area contributed by atoms with Crippen LogP contribution in [0.2, 0.25) is 0 Å². The van der Waals surface area contributed by atoms with Crippen LogP contribution in [-0.4, -0.2) is 46.1 Å². The van der Waals surface area contributed by atoms with Gasteiger partial charge in [-0.2, -0.15) is 0 Å². The number of likely N-dealkylation sites (tertiary alicyclic amines) is 1. The summed E-state index contributed by atoms with van der Waals surface area (Å²) in [5.41, 5.74) is 0.958. The Kier molecular flexibility index (Phi) is 6.30. The van der Waals surface area contributed by atoms with Gasteiger partial charge in [0.25, 0.3) is 0 Å². The summed E-state index contributed by atoms with van der Waals surface area (Å²) in [6.45, 7) is 8.79. The van der Waals surface area contributed by atoms with Crippen LogP contribution in [0.1, 0.15) is 39.2 Å². The Morgan fingerprint density at radius 2 is 2.04 bits per heavy atom. The Balaban J connectivity index is 1.52. The minimum atomic E-state index is -0.905. The molecule has 3 rings (SSSR count). The van der Waals surface area contributed by atoms with Crippen molar-refractivity contribution in [3.8, 4) is 0 Å². The summed E-state index contributed by atoms with van der Waals surface area (Å²) in [6.07, 6.45) is 4.84. The topological polar surface area (TPSA) is 57.6 Å². The number of aromatic nitrogens is 1. The molecule has 142 valence electrons. The van der Waals surface area contributed by atoms with Crippen molar-refractivity contribution in [2.24, 2.45) is 0 Å². The first kappa shape index (κ1) is 19.7. The highest BCUT2D eigenvalue weighted by Gasteiger charge is 2.23. The maximum atomic E-state index is 10.0. The lowest BCUT2D eigenvalue weighted by Gasteiger charge is -2.34. The number of fused-ring (bicyclic) bond motifs is 1. The molecule has 1 aliphatic heterocycles. The molecule has 0 saturated carbocycles. The minimum Gasteiger partial charge on any atom is -0.356 e. The zero-order valence-corrected chi connectivity index (χ0v) is 17.3. The second kappa shape index (κ2) is 8.31. The number of benzene rings is 1. The summed E-state index contributed by atoms with van der Waals surface area (Å²) in [6, 6.07) is 6.85. The van der Waals surface area contributed by atoms with Gasteiger partial charge in [-0.05, 0) is 79.6 Å². The van der Waals surface area contributed by atoms with Crippen LogP contribution in [0.5, 0.6) is 0 Å². The van der Waals surface area contributed by atoms with Crippen molar-refractivity contribution in [1.29, 1.82) is 0 Å². The Morgan fingerprint density at radius 3 is 2.73 bits per heavy atom. The second-order valence-electron chi connectivity index (χ2n) is 7.98. The molecule has 1 atom stereocenters. The lowest BCUT2D eigenvalue weighted by atomic mass is 10.0. The largest absolute Gasteiger partial charge is 0.356 e.